The molecule has 14 heavy (non-hydrogen) atoms. The zero-order valence-corrected chi connectivity index (χ0v) is 8.59. The second-order valence-electron chi connectivity index (χ2n) is 4.94. The fourth-order valence-electron chi connectivity index (χ4n) is 1.38. The molecule has 78 valence electrons. The van der Waals surface area contributed by atoms with Gasteiger partial charge in [0.15, 0.2) is 0 Å². The lowest BCUT2D eigenvalue weighted by atomic mass is 9.90. The van der Waals surface area contributed by atoms with Gasteiger partial charge in [-0.05, 0) is 11.0 Å². The van der Waals surface area contributed by atoms with Gasteiger partial charge in [-0.2, -0.15) is 5.10 Å². The summed E-state index contributed by atoms with van der Waals surface area (Å²) in [6.45, 7) is 6.12. The van der Waals surface area contributed by atoms with Crippen LogP contribution in [-0.4, -0.2) is 15.7 Å². The van der Waals surface area contributed by atoms with Gasteiger partial charge in [-0.1, -0.05) is 20.8 Å². The quantitative estimate of drug-likeness (QED) is 0.681. The second kappa shape index (κ2) is 2.55. The van der Waals surface area contributed by atoms with Crippen LogP contribution in [0.25, 0.3) is 0 Å². The molecule has 0 spiro atoms. The molecule has 0 radical (unpaired) electrons. The minimum absolute atomic E-state index is 0.0254. The van der Waals surface area contributed by atoms with E-state index >= 15 is 0 Å². The fraction of sp³-hybridized carbons (Fsp3) is 0.700. The Balaban J connectivity index is 2.20. The van der Waals surface area contributed by atoms with Gasteiger partial charge in [-0.15, -0.1) is 0 Å². The molecule has 0 saturated heterocycles. The average molecular weight is 200 g/mol. The summed E-state index contributed by atoms with van der Waals surface area (Å²) in [5, 5.41) is 3.98. The van der Waals surface area contributed by atoms with Gasteiger partial charge in [-0.3, -0.25) is 4.68 Å². The third-order valence-electron chi connectivity index (χ3n) is 2.58. The third-order valence-corrected chi connectivity index (χ3v) is 2.58. The molecule has 2 nitrogen and oxygen atoms in total. The lowest BCUT2D eigenvalue weighted by Gasteiger charge is -2.14. The largest absolute Gasteiger partial charge is 0.272 e. The van der Waals surface area contributed by atoms with Gasteiger partial charge >= 0.3 is 0 Å². The van der Waals surface area contributed by atoms with Gasteiger partial charge in [0, 0.05) is 12.6 Å². The highest BCUT2D eigenvalue weighted by atomic mass is 19.3. The number of halogens is 2. The molecule has 1 aliphatic carbocycles. The molecular weight excluding hydrogens is 186 g/mol. The van der Waals surface area contributed by atoms with Crippen LogP contribution in [0.4, 0.5) is 8.78 Å². The smallest absolute Gasteiger partial charge is 0.263 e. The van der Waals surface area contributed by atoms with Crippen LogP contribution in [0, 0.1) is 0 Å². The van der Waals surface area contributed by atoms with E-state index in [1.54, 1.807) is 12.4 Å². The van der Waals surface area contributed by atoms with E-state index in [-0.39, 0.29) is 11.8 Å². The van der Waals surface area contributed by atoms with E-state index in [1.165, 1.54) is 4.68 Å². The van der Waals surface area contributed by atoms with Gasteiger partial charge in [0.25, 0.3) is 5.92 Å². The van der Waals surface area contributed by atoms with Crippen LogP contribution in [-0.2, 0) is 5.41 Å². The Hall–Kier alpha value is -0.930. The molecule has 1 saturated carbocycles. The van der Waals surface area contributed by atoms with Crippen molar-refractivity contribution in [3.8, 4) is 0 Å². The Labute approximate surface area is 81.9 Å². The average Bonchev–Trinajstić information content (AvgIpc) is 2.48. The Morgan fingerprint density at radius 3 is 2.43 bits per heavy atom. The zero-order valence-electron chi connectivity index (χ0n) is 8.59. The van der Waals surface area contributed by atoms with Crippen LogP contribution in [0.15, 0.2) is 12.4 Å². The summed E-state index contributed by atoms with van der Waals surface area (Å²) >= 11 is 0. The highest BCUT2D eigenvalue weighted by Gasteiger charge is 2.59. The van der Waals surface area contributed by atoms with Gasteiger partial charge in [-0.25, -0.2) is 8.78 Å². The Morgan fingerprint density at radius 1 is 1.50 bits per heavy atom. The summed E-state index contributed by atoms with van der Waals surface area (Å²) in [6.07, 6.45) is 3.33. The van der Waals surface area contributed by atoms with Crippen LogP contribution < -0.4 is 0 Å². The predicted molar refractivity (Wildman–Crippen MR) is 49.5 cm³/mol. The number of hydrogen-bond donors (Lipinski definition) is 0. The van der Waals surface area contributed by atoms with Crippen molar-refractivity contribution < 1.29 is 8.78 Å². The molecule has 1 fully saturated rings. The summed E-state index contributed by atoms with van der Waals surface area (Å²) < 4.78 is 26.8. The first-order chi connectivity index (χ1) is 6.31. The van der Waals surface area contributed by atoms with Gasteiger partial charge < -0.3 is 0 Å². The molecular formula is C10H14F2N2. The minimum Gasteiger partial charge on any atom is -0.263 e. The van der Waals surface area contributed by atoms with E-state index < -0.39 is 12.0 Å². The highest BCUT2D eigenvalue weighted by Crippen LogP contribution is 2.52. The Morgan fingerprint density at radius 2 is 2.07 bits per heavy atom. The first-order valence-electron chi connectivity index (χ1n) is 4.73. The van der Waals surface area contributed by atoms with Crippen molar-refractivity contribution in [3.05, 3.63) is 18.0 Å². The number of nitrogens with zero attached hydrogens (tertiary/aromatic N) is 2. The van der Waals surface area contributed by atoms with Crippen molar-refractivity contribution in [3.63, 3.8) is 0 Å². The molecule has 1 atom stereocenters. The topological polar surface area (TPSA) is 17.8 Å². The minimum atomic E-state index is -2.54. The van der Waals surface area contributed by atoms with E-state index in [4.69, 9.17) is 0 Å². The number of hydrogen-bond acceptors (Lipinski definition) is 1. The van der Waals surface area contributed by atoms with E-state index in [0.29, 0.717) is 0 Å². The van der Waals surface area contributed by atoms with Crippen LogP contribution in [0.5, 0.6) is 0 Å². The van der Waals surface area contributed by atoms with Gasteiger partial charge in [0.1, 0.15) is 6.04 Å². The SMILES string of the molecule is CC(C)(C)c1cnn(C2CC2(F)F)c1. The third kappa shape index (κ3) is 1.53. The zero-order chi connectivity index (χ0) is 10.6. The summed E-state index contributed by atoms with van der Waals surface area (Å²) in [6, 6.07) is -0.710. The molecule has 0 aromatic carbocycles. The maximum absolute atomic E-state index is 12.7. The first kappa shape index (κ1) is 9.62. The predicted octanol–water partition coefficient (Wildman–Crippen LogP) is 2.76. The lowest BCUT2D eigenvalue weighted by Crippen LogP contribution is -2.10. The summed E-state index contributed by atoms with van der Waals surface area (Å²) in [5.74, 6) is -2.54. The van der Waals surface area contributed by atoms with Crippen molar-refractivity contribution in [1.29, 1.82) is 0 Å². The summed E-state index contributed by atoms with van der Waals surface area (Å²) in [4.78, 5) is 0. The van der Waals surface area contributed by atoms with Gasteiger partial charge in [0.05, 0.1) is 6.20 Å². The summed E-state index contributed by atoms with van der Waals surface area (Å²) in [7, 11) is 0. The molecule has 2 rings (SSSR count). The van der Waals surface area contributed by atoms with Crippen LogP contribution in [0.2, 0.25) is 0 Å². The first-order valence-corrected chi connectivity index (χ1v) is 4.73. The highest BCUT2D eigenvalue weighted by molar-refractivity contribution is 5.17. The molecule has 1 heterocycles. The van der Waals surface area contributed by atoms with E-state index in [2.05, 4.69) is 5.10 Å². The van der Waals surface area contributed by atoms with E-state index in [9.17, 15) is 8.78 Å². The molecule has 4 heteroatoms. The normalized spacial score (nSPS) is 25.1. The molecule has 0 bridgehead atoms. The van der Waals surface area contributed by atoms with Crippen LogP contribution >= 0.6 is 0 Å². The standard InChI is InChI=1S/C10H14F2N2/c1-9(2,3)7-5-13-14(6-7)8-4-10(8,11)12/h5-6,8H,4H2,1-3H3. The van der Waals surface area contributed by atoms with Crippen LogP contribution in [0.3, 0.4) is 0 Å². The monoisotopic (exact) mass is 200 g/mol. The van der Waals surface area contributed by atoms with Crippen molar-refractivity contribution in [2.75, 3.05) is 0 Å². The van der Waals surface area contributed by atoms with Crippen molar-refractivity contribution in [1.82, 2.24) is 9.78 Å². The molecule has 0 amide bonds. The summed E-state index contributed by atoms with van der Waals surface area (Å²) in [5.41, 5.74) is 0.975. The van der Waals surface area contributed by atoms with E-state index in [1.807, 2.05) is 20.8 Å². The molecule has 1 aliphatic rings. The number of rotatable bonds is 1. The lowest BCUT2D eigenvalue weighted by molar-refractivity contribution is 0.0983. The number of alkyl halides is 2. The van der Waals surface area contributed by atoms with Crippen LogP contribution in [0.1, 0.15) is 38.8 Å². The molecule has 1 aromatic heterocycles. The van der Waals surface area contributed by atoms with E-state index in [0.717, 1.165) is 5.56 Å². The van der Waals surface area contributed by atoms with Crippen molar-refractivity contribution in [2.24, 2.45) is 0 Å². The second-order valence-corrected chi connectivity index (χ2v) is 4.94. The molecule has 1 aromatic rings. The molecule has 0 N–H and O–H groups in total. The molecule has 0 aliphatic heterocycles. The Bertz CT molecular complexity index is 349. The molecule has 1 unspecified atom stereocenters. The maximum Gasteiger partial charge on any atom is 0.272 e. The fourth-order valence-corrected chi connectivity index (χ4v) is 1.38. The van der Waals surface area contributed by atoms with Gasteiger partial charge in [0.2, 0.25) is 0 Å². The maximum atomic E-state index is 12.7. The van der Waals surface area contributed by atoms with Crippen molar-refractivity contribution in [2.45, 2.75) is 44.6 Å². The van der Waals surface area contributed by atoms with Crippen molar-refractivity contribution >= 4 is 0 Å². The Kier molecular flexibility index (Phi) is 1.75. The number of aromatic nitrogens is 2.